The van der Waals surface area contributed by atoms with Gasteiger partial charge in [-0.2, -0.15) is 0 Å². The van der Waals surface area contributed by atoms with E-state index in [-0.39, 0.29) is 0 Å². The Kier molecular flexibility index (Phi) is 5.37. The van der Waals surface area contributed by atoms with Gasteiger partial charge in [-0.25, -0.2) is 18.7 Å². The molecule has 9 heteroatoms. The number of hydrogen-bond acceptors (Lipinski definition) is 6. The fraction of sp³-hybridized carbons (Fsp3) is 0.400. The number of nitrogens with zero attached hydrogens (tertiary/aromatic N) is 7. The lowest BCUT2D eigenvalue weighted by Gasteiger charge is -2.31. The smallest absolute Gasteiger partial charge is 0.227 e. The number of piperidine rings is 1. The first-order chi connectivity index (χ1) is 14.0. The van der Waals surface area contributed by atoms with Gasteiger partial charge in [-0.1, -0.05) is 6.07 Å². The number of aromatic nitrogens is 5. The number of anilines is 2. The van der Waals surface area contributed by atoms with Crippen molar-refractivity contribution < 1.29 is 8.78 Å². The molecule has 1 aliphatic heterocycles. The monoisotopic (exact) mass is 399 g/mol. The molecule has 1 aliphatic rings. The van der Waals surface area contributed by atoms with Crippen molar-refractivity contribution in [1.82, 2.24) is 24.7 Å². The van der Waals surface area contributed by atoms with Gasteiger partial charge in [-0.15, -0.1) is 10.2 Å². The van der Waals surface area contributed by atoms with Gasteiger partial charge in [0.2, 0.25) is 11.9 Å². The predicted octanol–water partition coefficient (Wildman–Crippen LogP) is 2.90. The maximum atomic E-state index is 13.5. The molecule has 29 heavy (non-hydrogen) atoms. The van der Waals surface area contributed by atoms with Crippen molar-refractivity contribution in [1.29, 1.82) is 0 Å². The summed E-state index contributed by atoms with van der Waals surface area (Å²) in [4.78, 5) is 12.7. The van der Waals surface area contributed by atoms with Crippen LogP contribution in [0.3, 0.4) is 0 Å². The van der Waals surface area contributed by atoms with Crippen molar-refractivity contribution in [3.8, 4) is 0 Å². The maximum absolute atomic E-state index is 13.5. The molecular weight excluding hydrogens is 376 g/mol. The second kappa shape index (κ2) is 8.10. The average Bonchev–Trinajstić information content (AvgIpc) is 3.13. The Labute approximate surface area is 168 Å². The van der Waals surface area contributed by atoms with E-state index in [0.717, 1.165) is 43.8 Å². The third-order valence-electron chi connectivity index (χ3n) is 5.33. The Morgan fingerprint density at radius 3 is 2.48 bits per heavy atom. The molecule has 3 heterocycles. The minimum atomic E-state index is -0.844. The first-order valence-corrected chi connectivity index (χ1v) is 9.59. The normalized spacial score (nSPS) is 15.0. The van der Waals surface area contributed by atoms with Crippen LogP contribution in [0.4, 0.5) is 20.7 Å². The van der Waals surface area contributed by atoms with Gasteiger partial charge in [0.25, 0.3) is 0 Å². The summed E-state index contributed by atoms with van der Waals surface area (Å²) in [7, 11) is 3.81. The molecule has 7 nitrogen and oxygen atoms in total. The van der Waals surface area contributed by atoms with E-state index in [9.17, 15) is 8.78 Å². The van der Waals surface area contributed by atoms with E-state index in [1.165, 1.54) is 6.07 Å². The lowest BCUT2D eigenvalue weighted by Crippen LogP contribution is -2.34. The van der Waals surface area contributed by atoms with Crippen LogP contribution in [0.2, 0.25) is 0 Å². The first-order valence-electron chi connectivity index (χ1n) is 9.59. The zero-order valence-electron chi connectivity index (χ0n) is 16.5. The van der Waals surface area contributed by atoms with Crippen LogP contribution in [0, 0.1) is 11.6 Å². The van der Waals surface area contributed by atoms with Gasteiger partial charge in [0.15, 0.2) is 11.6 Å². The van der Waals surface area contributed by atoms with Gasteiger partial charge in [-0.05, 0) is 36.6 Å². The Balaban J connectivity index is 1.42. The van der Waals surface area contributed by atoms with Crippen molar-refractivity contribution in [3.63, 3.8) is 0 Å². The largest absolute Gasteiger partial charge is 0.341 e. The minimum Gasteiger partial charge on any atom is -0.341 e. The fourth-order valence-corrected chi connectivity index (χ4v) is 3.80. The van der Waals surface area contributed by atoms with Crippen LogP contribution in [-0.4, -0.2) is 44.9 Å². The van der Waals surface area contributed by atoms with Gasteiger partial charge >= 0.3 is 0 Å². The van der Waals surface area contributed by atoms with Gasteiger partial charge in [0.1, 0.15) is 5.82 Å². The van der Waals surface area contributed by atoms with Crippen molar-refractivity contribution in [2.75, 3.05) is 29.9 Å². The summed E-state index contributed by atoms with van der Waals surface area (Å²) in [6, 6.07) is 5.75. The zero-order valence-corrected chi connectivity index (χ0v) is 16.5. The van der Waals surface area contributed by atoms with Gasteiger partial charge < -0.3 is 14.4 Å². The van der Waals surface area contributed by atoms with Crippen molar-refractivity contribution >= 4 is 11.9 Å². The zero-order chi connectivity index (χ0) is 20.4. The van der Waals surface area contributed by atoms with E-state index in [4.69, 9.17) is 0 Å². The summed E-state index contributed by atoms with van der Waals surface area (Å²) in [5, 5.41) is 8.76. The Bertz CT molecular complexity index is 968. The first kappa shape index (κ1) is 19.2. The molecule has 0 spiro atoms. The minimum absolute atomic E-state index is 0.304. The highest BCUT2D eigenvalue weighted by Crippen LogP contribution is 2.29. The predicted molar refractivity (Wildman–Crippen MR) is 106 cm³/mol. The Hall–Kier alpha value is -3.10. The summed E-state index contributed by atoms with van der Waals surface area (Å²) in [5.74, 6) is 1.01. The fourth-order valence-electron chi connectivity index (χ4n) is 3.80. The van der Waals surface area contributed by atoms with E-state index >= 15 is 0 Å². The second-order valence-corrected chi connectivity index (χ2v) is 7.33. The summed E-state index contributed by atoms with van der Waals surface area (Å²) >= 11 is 0. The lowest BCUT2D eigenvalue weighted by molar-refractivity contribution is 0.469. The van der Waals surface area contributed by atoms with Crippen molar-refractivity contribution in [2.45, 2.75) is 25.3 Å². The van der Waals surface area contributed by atoms with Crippen LogP contribution in [-0.2, 0) is 13.6 Å². The second-order valence-electron chi connectivity index (χ2n) is 7.33. The van der Waals surface area contributed by atoms with Crippen LogP contribution in [0.15, 0.2) is 36.7 Å². The summed E-state index contributed by atoms with van der Waals surface area (Å²) in [6.07, 6.45) is 5.40. The SMILES string of the molecule is CN(Cc1ccc(F)c(F)c1)c1nnc(C2CCN(c3ncccn3)CC2)n1C. The van der Waals surface area contributed by atoms with Crippen LogP contribution in [0.1, 0.15) is 30.1 Å². The highest BCUT2D eigenvalue weighted by atomic mass is 19.2. The summed E-state index contributed by atoms with van der Waals surface area (Å²) < 4.78 is 28.6. The number of halogens is 2. The van der Waals surface area contributed by atoms with Gasteiger partial charge in [0, 0.05) is 52.0 Å². The number of benzene rings is 1. The van der Waals surface area contributed by atoms with Crippen LogP contribution < -0.4 is 9.80 Å². The Morgan fingerprint density at radius 1 is 1.07 bits per heavy atom. The highest BCUT2D eigenvalue weighted by molar-refractivity contribution is 5.34. The molecule has 4 rings (SSSR count). The molecule has 3 aromatic rings. The molecular formula is C20H23F2N7. The molecule has 2 aromatic heterocycles. The maximum Gasteiger partial charge on any atom is 0.227 e. The number of rotatable bonds is 5. The number of hydrogen-bond donors (Lipinski definition) is 0. The summed E-state index contributed by atoms with van der Waals surface area (Å²) in [6.45, 7) is 2.14. The third-order valence-corrected chi connectivity index (χ3v) is 5.33. The lowest BCUT2D eigenvalue weighted by atomic mass is 9.96. The Morgan fingerprint density at radius 2 is 1.79 bits per heavy atom. The molecule has 1 aromatic carbocycles. The quantitative estimate of drug-likeness (QED) is 0.657. The van der Waals surface area contributed by atoms with E-state index in [1.54, 1.807) is 18.5 Å². The molecule has 0 radical (unpaired) electrons. The van der Waals surface area contributed by atoms with Crippen molar-refractivity contribution in [2.24, 2.45) is 7.05 Å². The molecule has 0 amide bonds. The topological polar surface area (TPSA) is 63.0 Å². The molecule has 0 N–H and O–H groups in total. The standard InChI is InChI=1S/C20H23F2N7/c1-27(13-14-4-5-16(21)17(22)12-14)20-26-25-18(28(20)2)15-6-10-29(11-7-15)19-23-8-3-9-24-19/h3-5,8-9,12,15H,6-7,10-11,13H2,1-2H3. The van der Waals surface area contributed by atoms with Crippen LogP contribution in [0.25, 0.3) is 0 Å². The average molecular weight is 399 g/mol. The highest BCUT2D eigenvalue weighted by Gasteiger charge is 2.27. The molecule has 1 fully saturated rings. The molecule has 0 aliphatic carbocycles. The molecule has 0 atom stereocenters. The molecule has 0 bridgehead atoms. The van der Waals surface area contributed by atoms with Crippen molar-refractivity contribution in [3.05, 3.63) is 59.7 Å². The molecule has 152 valence electrons. The molecule has 0 saturated carbocycles. The molecule has 1 saturated heterocycles. The van der Waals surface area contributed by atoms with Gasteiger partial charge in [-0.3, -0.25) is 0 Å². The van der Waals surface area contributed by atoms with Crippen LogP contribution in [0.5, 0.6) is 0 Å². The van der Waals surface area contributed by atoms with E-state index in [0.29, 0.717) is 24.0 Å². The van der Waals surface area contributed by atoms with E-state index < -0.39 is 11.6 Å². The third kappa shape index (κ3) is 4.03. The molecule has 0 unspecified atom stereocenters. The van der Waals surface area contributed by atoms with Crippen LogP contribution >= 0.6 is 0 Å². The van der Waals surface area contributed by atoms with Gasteiger partial charge in [0.05, 0.1) is 0 Å². The summed E-state index contributed by atoms with van der Waals surface area (Å²) in [5.41, 5.74) is 0.673. The van der Waals surface area contributed by atoms with E-state index in [1.807, 2.05) is 29.6 Å². The van der Waals surface area contributed by atoms with E-state index in [2.05, 4.69) is 25.1 Å².